The van der Waals surface area contributed by atoms with Gasteiger partial charge in [-0.25, -0.2) is 4.79 Å². The van der Waals surface area contributed by atoms with Crippen molar-refractivity contribution < 1.29 is 19.0 Å². The minimum absolute atomic E-state index is 0.276. The van der Waals surface area contributed by atoms with Crippen LogP contribution in [0.5, 0.6) is 5.75 Å². The minimum Gasteiger partial charge on any atom is -0.465 e. The summed E-state index contributed by atoms with van der Waals surface area (Å²) in [5.74, 6) is 0.396. The Morgan fingerprint density at radius 2 is 1.85 bits per heavy atom. The third kappa shape index (κ3) is 6.39. The quantitative estimate of drug-likeness (QED) is 0.307. The van der Waals surface area contributed by atoms with Crippen molar-refractivity contribution in [2.45, 2.75) is 90.6 Å². The van der Waals surface area contributed by atoms with Gasteiger partial charge in [-0.05, 0) is 57.7 Å². The van der Waals surface area contributed by atoms with E-state index >= 15 is 0 Å². The molecule has 4 nitrogen and oxygen atoms in total. The van der Waals surface area contributed by atoms with Gasteiger partial charge < -0.3 is 14.2 Å². The van der Waals surface area contributed by atoms with Crippen LogP contribution in [0.3, 0.4) is 0 Å². The first-order chi connectivity index (χ1) is 12.8. The van der Waals surface area contributed by atoms with Gasteiger partial charge in [0.05, 0.1) is 6.10 Å². The van der Waals surface area contributed by atoms with E-state index in [0.29, 0.717) is 11.7 Å². The molecule has 2 atom stereocenters. The van der Waals surface area contributed by atoms with Gasteiger partial charge in [0.2, 0.25) is 0 Å². The van der Waals surface area contributed by atoms with Crippen molar-refractivity contribution in [3.8, 4) is 5.75 Å². The number of carbonyl (C=O) groups is 1. The Morgan fingerprint density at radius 1 is 1.22 bits per heavy atom. The lowest BCUT2D eigenvalue weighted by Crippen LogP contribution is -2.29. The lowest BCUT2D eigenvalue weighted by Gasteiger charge is -2.30. The van der Waals surface area contributed by atoms with Gasteiger partial charge in [0.15, 0.2) is 6.29 Å². The Hall–Kier alpha value is -1.81. The van der Waals surface area contributed by atoms with Crippen molar-refractivity contribution in [2.24, 2.45) is 0 Å². The number of benzene rings is 1. The average Bonchev–Trinajstić information content (AvgIpc) is 2.63. The fraction of sp³-hybridized carbons (Fsp3) is 0.609. The second-order valence-corrected chi connectivity index (χ2v) is 7.76. The SMILES string of the molecule is C=C(C)C(=O)OC(C)(CCC)c1ccc(OC(C)OC2CCCCC2)cc1. The normalized spacial score (nSPS) is 18.4. The molecular weight excluding hydrogens is 340 g/mol. The highest BCUT2D eigenvalue weighted by molar-refractivity contribution is 5.87. The van der Waals surface area contributed by atoms with Gasteiger partial charge in [-0.2, -0.15) is 0 Å². The zero-order valence-electron chi connectivity index (χ0n) is 17.3. The number of hydrogen-bond acceptors (Lipinski definition) is 4. The van der Waals surface area contributed by atoms with Gasteiger partial charge in [-0.15, -0.1) is 0 Å². The molecule has 0 aliphatic heterocycles. The molecule has 0 spiro atoms. The first-order valence-electron chi connectivity index (χ1n) is 10.2. The monoisotopic (exact) mass is 374 g/mol. The molecule has 4 heteroatoms. The zero-order valence-corrected chi connectivity index (χ0v) is 17.3. The number of hydrogen-bond donors (Lipinski definition) is 0. The average molecular weight is 375 g/mol. The molecule has 150 valence electrons. The van der Waals surface area contributed by atoms with Crippen molar-refractivity contribution >= 4 is 5.97 Å². The molecule has 1 aromatic rings. The molecule has 0 amide bonds. The standard InChI is InChI=1S/C23H34O4/c1-6-16-23(5,27-22(24)17(2)3)19-12-14-21(15-13-19)26-18(4)25-20-10-8-7-9-11-20/h12-15,18,20H,2,6-11,16H2,1,3-5H3. The Balaban J connectivity index is 2.00. The zero-order chi connectivity index (χ0) is 19.9. The van der Waals surface area contributed by atoms with Gasteiger partial charge >= 0.3 is 5.97 Å². The van der Waals surface area contributed by atoms with Gasteiger partial charge in [-0.1, -0.05) is 51.3 Å². The van der Waals surface area contributed by atoms with Crippen LogP contribution in [0, 0.1) is 0 Å². The highest BCUT2D eigenvalue weighted by atomic mass is 16.7. The molecule has 0 aromatic heterocycles. The maximum Gasteiger partial charge on any atom is 0.333 e. The predicted molar refractivity (Wildman–Crippen MR) is 108 cm³/mol. The van der Waals surface area contributed by atoms with E-state index in [2.05, 4.69) is 13.5 Å². The van der Waals surface area contributed by atoms with Crippen LogP contribution in [-0.2, 0) is 19.9 Å². The summed E-state index contributed by atoms with van der Waals surface area (Å²) in [7, 11) is 0. The fourth-order valence-electron chi connectivity index (χ4n) is 3.60. The summed E-state index contributed by atoms with van der Waals surface area (Å²) >= 11 is 0. The molecule has 0 N–H and O–H groups in total. The van der Waals surface area contributed by atoms with Crippen LogP contribution in [0.1, 0.15) is 78.2 Å². The largest absolute Gasteiger partial charge is 0.465 e. The fourth-order valence-corrected chi connectivity index (χ4v) is 3.60. The summed E-state index contributed by atoms with van der Waals surface area (Å²) in [5, 5.41) is 0. The first-order valence-corrected chi connectivity index (χ1v) is 10.2. The lowest BCUT2D eigenvalue weighted by molar-refractivity contribution is -0.155. The summed E-state index contributed by atoms with van der Waals surface area (Å²) in [6.45, 7) is 11.3. The summed E-state index contributed by atoms with van der Waals surface area (Å²) in [6, 6.07) is 7.76. The van der Waals surface area contributed by atoms with Crippen molar-refractivity contribution in [1.29, 1.82) is 0 Å². The summed E-state index contributed by atoms with van der Waals surface area (Å²) in [4.78, 5) is 12.0. The topological polar surface area (TPSA) is 44.8 Å². The molecule has 0 saturated heterocycles. The molecule has 1 aliphatic carbocycles. The van der Waals surface area contributed by atoms with Crippen LogP contribution in [-0.4, -0.2) is 18.4 Å². The predicted octanol–water partition coefficient (Wildman–Crippen LogP) is 5.90. The number of rotatable bonds is 9. The Morgan fingerprint density at radius 3 is 2.41 bits per heavy atom. The summed E-state index contributed by atoms with van der Waals surface area (Å²) < 4.78 is 17.7. The van der Waals surface area contributed by atoms with Crippen LogP contribution in [0.15, 0.2) is 36.4 Å². The van der Waals surface area contributed by atoms with Crippen molar-refractivity contribution in [2.75, 3.05) is 0 Å². The summed E-state index contributed by atoms with van der Waals surface area (Å²) in [5.41, 5.74) is 0.686. The van der Waals surface area contributed by atoms with Crippen molar-refractivity contribution in [1.82, 2.24) is 0 Å². The van der Waals surface area contributed by atoms with E-state index in [-0.39, 0.29) is 12.3 Å². The van der Waals surface area contributed by atoms with Crippen LogP contribution in [0.4, 0.5) is 0 Å². The van der Waals surface area contributed by atoms with E-state index in [1.54, 1.807) is 6.92 Å². The molecular formula is C23H34O4. The molecule has 0 heterocycles. The number of esters is 1. The van der Waals surface area contributed by atoms with Crippen molar-refractivity contribution in [3.05, 3.63) is 42.0 Å². The Labute approximate surface area is 163 Å². The van der Waals surface area contributed by atoms with E-state index in [0.717, 1.165) is 37.0 Å². The highest BCUT2D eigenvalue weighted by Gasteiger charge is 2.30. The van der Waals surface area contributed by atoms with E-state index in [1.807, 2.05) is 38.1 Å². The molecule has 27 heavy (non-hydrogen) atoms. The smallest absolute Gasteiger partial charge is 0.333 e. The van der Waals surface area contributed by atoms with Crippen LogP contribution in [0.25, 0.3) is 0 Å². The third-order valence-corrected chi connectivity index (χ3v) is 5.10. The second kappa shape index (κ2) is 9.93. The molecule has 2 rings (SSSR count). The molecule has 1 fully saturated rings. The maximum absolute atomic E-state index is 12.0. The van der Waals surface area contributed by atoms with Crippen molar-refractivity contribution in [3.63, 3.8) is 0 Å². The second-order valence-electron chi connectivity index (χ2n) is 7.76. The molecule has 1 aromatic carbocycles. The first kappa shape index (κ1) is 21.5. The Bertz CT molecular complexity index is 616. The van der Waals surface area contributed by atoms with Gasteiger partial charge in [-0.3, -0.25) is 0 Å². The van der Waals surface area contributed by atoms with Gasteiger partial charge in [0.25, 0.3) is 0 Å². The number of ether oxygens (including phenoxy) is 3. The maximum atomic E-state index is 12.0. The van der Waals surface area contributed by atoms with E-state index in [1.165, 1.54) is 19.3 Å². The van der Waals surface area contributed by atoms with E-state index in [9.17, 15) is 4.79 Å². The lowest BCUT2D eigenvalue weighted by atomic mass is 9.91. The van der Waals surface area contributed by atoms with Gasteiger partial charge in [0.1, 0.15) is 11.4 Å². The third-order valence-electron chi connectivity index (χ3n) is 5.10. The van der Waals surface area contributed by atoms with Crippen LogP contribution >= 0.6 is 0 Å². The highest BCUT2D eigenvalue weighted by Crippen LogP contribution is 2.33. The minimum atomic E-state index is -0.673. The van der Waals surface area contributed by atoms with E-state index in [4.69, 9.17) is 14.2 Å². The molecule has 2 unspecified atom stereocenters. The van der Waals surface area contributed by atoms with Gasteiger partial charge in [0, 0.05) is 5.57 Å². The molecule has 1 saturated carbocycles. The van der Waals surface area contributed by atoms with E-state index < -0.39 is 5.60 Å². The number of carbonyl (C=O) groups excluding carboxylic acids is 1. The van der Waals surface area contributed by atoms with Crippen LogP contribution < -0.4 is 4.74 Å². The summed E-state index contributed by atoms with van der Waals surface area (Å²) in [6.07, 6.45) is 7.72. The molecule has 0 bridgehead atoms. The Kier molecular flexibility index (Phi) is 7.91. The molecule has 0 radical (unpaired) electrons. The molecule has 1 aliphatic rings. The van der Waals surface area contributed by atoms with Crippen LogP contribution in [0.2, 0.25) is 0 Å².